The molecule has 0 aromatic heterocycles. The molecule has 2 aliphatic rings. The van der Waals surface area contributed by atoms with Crippen LogP contribution >= 0.6 is 0 Å². The molecule has 2 aromatic carbocycles. The van der Waals surface area contributed by atoms with Crippen LogP contribution in [0.15, 0.2) is 42.5 Å². The Morgan fingerprint density at radius 1 is 1.07 bits per heavy atom. The third-order valence-electron chi connectivity index (χ3n) is 6.37. The molecular weight excluding hydrogens is 391 g/mol. The molecule has 0 bridgehead atoms. The van der Waals surface area contributed by atoms with Crippen LogP contribution < -0.4 is 0 Å². The highest BCUT2D eigenvalue weighted by Crippen LogP contribution is 2.56. The van der Waals surface area contributed by atoms with Crippen molar-refractivity contribution in [2.45, 2.75) is 42.9 Å². The smallest absolute Gasteiger partial charge is 0.396 e. The largest absolute Gasteiger partial charge is 0.416 e. The van der Waals surface area contributed by atoms with Crippen LogP contribution in [0.2, 0.25) is 0 Å². The summed E-state index contributed by atoms with van der Waals surface area (Å²) in [4.78, 5) is 0. The van der Waals surface area contributed by atoms with Crippen LogP contribution in [-0.2, 0) is 10.9 Å². The normalized spacial score (nSPS) is 29.7. The zero-order valence-electron chi connectivity index (χ0n) is 15.6. The Morgan fingerprint density at radius 2 is 1.79 bits per heavy atom. The highest BCUT2D eigenvalue weighted by atomic mass is 19.4. The number of ether oxygens (including phenoxy) is 1. The maximum Gasteiger partial charge on any atom is 0.416 e. The number of alkyl halides is 3. The van der Waals surface area contributed by atoms with E-state index < -0.39 is 29.1 Å². The van der Waals surface area contributed by atoms with E-state index >= 15 is 0 Å². The molecule has 1 aliphatic heterocycles. The Morgan fingerprint density at radius 3 is 2.45 bits per heavy atom. The van der Waals surface area contributed by atoms with E-state index in [4.69, 9.17) is 4.74 Å². The number of rotatable bonds is 3. The van der Waals surface area contributed by atoms with Gasteiger partial charge in [-0.2, -0.15) is 13.2 Å². The zero-order chi connectivity index (χ0) is 20.8. The monoisotopic (exact) mass is 412 g/mol. The molecule has 1 aliphatic carbocycles. The SMILES string of the molecule is OCC1CC[C@@]2(C[C@@H](c3cc(C(F)(F)F)ccc3F)CO2)[C@@H]1c1ccc(F)cc1. The summed E-state index contributed by atoms with van der Waals surface area (Å²) in [5, 5.41) is 9.83. The Bertz CT molecular complexity index is 880. The lowest BCUT2D eigenvalue weighted by Crippen LogP contribution is -2.34. The number of hydrogen-bond donors (Lipinski definition) is 1. The fourth-order valence-corrected chi connectivity index (χ4v) is 5.05. The van der Waals surface area contributed by atoms with E-state index in [1.54, 1.807) is 12.1 Å². The molecule has 4 atom stereocenters. The molecule has 1 saturated carbocycles. The topological polar surface area (TPSA) is 29.5 Å². The van der Waals surface area contributed by atoms with Crippen LogP contribution in [0.1, 0.15) is 47.8 Å². The number of aliphatic hydroxyl groups excluding tert-OH is 1. The van der Waals surface area contributed by atoms with Gasteiger partial charge in [-0.1, -0.05) is 12.1 Å². The summed E-state index contributed by atoms with van der Waals surface area (Å²) in [6, 6.07) is 8.45. The molecule has 1 N–H and O–H groups in total. The third-order valence-corrected chi connectivity index (χ3v) is 6.37. The zero-order valence-corrected chi connectivity index (χ0v) is 15.6. The van der Waals surface area contributed by atoms with Gasteiger partial charge < -0.3 is 9.84 Å². The fraction of sp³-hybridized carbons (Fsp3) is 0.455. The van der Waals surface area contributed by atoms with Gasteiger partial charge in [-0.3, -0.25) is 0 Å². The second-order valence-electron chi connectivity index (χ2n) is 8.02. The van der Waals surface area contributed by atoms with Gasteiger partial charge in [0.2, 0.25) is 0 Å². The highest BCUT2D eigenvalue weighted by molar-refractivity contribution is 5.33. The van der Waals surface area contributed by atoms with Crippen LogP contribution in [0.3, 0.4) is 0 Å². The molecule has 1 saturated heterocycles. The molecule has 0 radical (unpaired) electrons. The van der Waals surface area contributed by atoms with E-state index in [2.05, 4.69) is 0 Å². The van der Waals surface area contributed by atoms with E-state index in [0.29, 0.717) is 19.3 Å². The summed E-state index contributed by atoms with van der Waals surface area (Å²) >= 11 is 0. The van der Waals surface area contributed by atoms with Crippen molar-refractivity contribution in [2.24, 2.45) is 5.92 Å². The fourth-order valence-electron chi connectivity index (χ4n) is 5.05. The van der Waals surface area contributed by atoms with Gasteiger partial charge in [0, 0.05) is 18.4 Å². The van der Waals surface area contributed by atoms with Gasteiger partial charge in [0.25, 0.3) is 0 Å². The van der Waals surface area contributed by atoms with Crippen molar-refractivity contribution in [2.75, 3.05) is 13.2 Å². The van der Waals surface area contributed by atoms with Gasteiger partial charge >= 0.3 is 6.18 Å². The first-order chi connectivity index (χ1) is 13.7. The average Bonchev–Trinajstić information content (AvgIpc) is 3.26. The van der Waals surface area contributed by atoms with Gasteiger partial charge in [0.1, 0.15) is 11.6 Å². The molecule has 4 rings (SSSR count). The third kappa shape index (κ3) is 3.66. The summed E-state index contributed by atoms with van der Waals surface area (Å²) in [6.45, 7) is 0.0316. The van der Waals surface area contributed by atoms with Crippen LogP contribution in [0.25, 0.3) is 0 Å². The Kier molecular flexibility index (Phi) is 5.15. The summed E-state index contributed by atoms with van der Waals surface area (Å²) in [5.74, 6) is -1.91. The quantitative estimate of drug-likeness (QED) is 0.683. The minimum atomic E-state index is -4.55. The molecule has 29 heavy (non-hydrogen) atoms. The van der Waals surface area contributed by atoms with Crippen molar-refractivity contribution < 1.29 is 31.8 Å². The number of hydrogen-bond acceptors (Lipinski definition) is 2. The molecule has 0 amide bonds. The first kappa shape index (κ1) is 20.3. The van der Waals surface area contributed by atoms with E-state index in [1.165, 1.54) is 12.1 Å². The van der Waals surface area contributed by atoms with Crippen molar-refractivity contribution in [3.63, 3.8) is 0 Å². The van der Waals surface area contributed by atoms with Crippen molar-refractivity contribution in [1.82, 2.24) is 0 Å². The molecule has 2 fully saturated rings. The minimum absolute atomic E-state index is 0.00186. The van der Waals surface area contributed by atoms with Crippen LogP contribution in [0, 0.1) is 17.6 Å². The lowest BCUT2D eigenvalue weighted by molar-refractivity contribution is -0.137. The van der Waals surface area contributed by atoms with E-state index in [-0.39, 0.29) is 36.4 Å². The first-order valence-corrected chi connectivity index (χ1v) is 9.60. The number of aliphatic hydroxyl groups is 1. The molecule has 1 spiro atoms. The van der Waals surface area contributed by atoms with Crippen molar-refractivity contribution in [3.05, 3.63) is 70.8 Å². The molecule has 156 valence electrons. The van der Waals surface area contributed by atoms with Crippen molar-refractivity contribution >= 4 is 0 Å². The average molecular weight is 412 g/mol. The highest BCUT2D eigenvalue weighted by Gasteiger charge is 2.54. The Balaban J connectivity index is 1.66. The maximum absolute atomic E-state index is 14.4. The second kappa shape index (κ2) is 7.36. The van der Waals surface area contributed by atoms with Crippen molar-refractivity contribution in [1.29, 1.82) is 0 Å². The summed E-state index contributed by atoms with van der Waals surface area (Å²) in [6.07, 6.45) is -2.91. The second-order valence-corrected chi connectivity index (χ2v) is 8.02. The Hall–Kier alpha value is -1.99. The van der Waals surface area contributed by atoms with Gasteiger partial charge in [-0.05, 0) is 66.6 Å². The van der Waals surface area contributed by atoms with E-state index in [1.807, 2.05) is 0 Å². The van der Waals surface area contributed by atoms with Crippen LogP contribution in [0.4, 0.5) is 22.0 Å². The first-order valence-electron chi connectivity index (χ1n) is 9.60. The number of halogens is 5. The molecule has 7 heteroatoms. The lowest BCUT2D eigenvalue weighted by Gasteiger charge is -2.33. The predicted molar refractivity (Wildman–Crippen MR) is 96.4 cm³/mol. The summed E-state index contributed by atoms with van der Waals surface area (Å²) in [5.41, 5.74) is -0.781. The van der Waals surface area contributed by atoms with E-state index in [9.17, 15) is 27.1 Å². The maximum atomic E-state index is 14.4. The lowest BCUT2D eigenvalue weighted by atomic mass is 9.76. The van der Waals surface area contributed by atoms with Gasteiger partial charge in [-0.15, -0.1) is 0 Å². The van der Waals surface area contributed by atoms with Crippen LogP contribution in [-0.4, -0.2) is 23.9 Å². The Labute approximate surface area is 165 Å². The molecule has 2 aromatic rings. The predicted octanol–water partition coefficient (Wildman–Crippen LogP) is 5.41. The summed E-state index contributed by atoms with van der Waals surface area (Å²) in [7, 11) is 0. The summed E-state index contributed by atoms with van der Waals surface area (Å²) < 4.78 is 73.1. The van der Waals surface area contributed by atoms with Crippen LogP contribution in [0.5, 0.6) is 0 Å². The number of benzene rings is 2. The molecule has 2 nitrogen and oxygen atoms in total. The molecular formula is C22H21F5O2. The van der Waals surface area contributed by atoms with Gasteiger partial charge in [0.05, 0.1) is 17.8 Å². The standard InChI is InChI=1S/C22H21F5O2/c23-17-4-1-13(2-5-17)20-14(11-28)7-8-21(20)10-15(12-29-21)18-9-16(22(25,26)27)3-6-19(18)24/h1-6,9,14-15,20,28H,7-8,10-12H2/t14?,15-,20-,21-/m1/s1. The van der Waals surface area contributed by atoms with Gasteiger partial charge in [-0.25, -0.2) is 8.78 Å². The molecule has 1 heterocycles. The van der Waals surface area contributed by atoms with Gasteiger partial charge in [0.15, 0.2) is 0 Å². The van der Waals surface area contributed by atoms with E-state index in [0.717, 1.165) is 23.8 Å². The van der Waals surface area contributed by atoms with Crippen molar-refractivity contribution in [3.8, 4) is 0 Å². The molecule has 1 unspecified atom stereocenters. The minimum Gasteiger partial charge on any atom is -0.396 e.